The van der Waals surface area contributed by atoms with E-state index in [0.717, 1.165) is 42.8 Å². The molecule has 1 unspecified atom stereocenters. The monoisotopic (exact) mass is 313 g/mol. The highest BCUT2D eigenvalue weighted by atomic mass is 79.9. The van der Waals surface area contributed by atoms with Gasteiger partial charge >= 0.3 is 0 Å². The topological polar surface area (TPSA) is 21.3 Å². The summed E-state index contributed by atoms with van der Waals surface area (Å²) in [6.07, 6.45) is 2.30. The van der Waals surface area contributed by atoms with E-state index in [4.69, 9.17) is 4.74 Å². The highest BCUT2D eigenvalue weighted by Gasteiger charge is 2.06. The molecule has 0 bridgehead atoms. The molecule has 1 atom stereocenters. The van der Waals surface area contributed by atoms with E-state index >= 15 is 0 Å². The van der Waals surface area contributed by atoms with Crippen LogP contribution in [0.1, 0.15) is 39.2 Å². The third-order valence-corrected chi connectivity index (χ3v) is 3.48. The van der Waals surface area contributed by atoms with Crippen molar-refractivity contribution in [3.05, 3.63) is 28.2 Å². The molecule has 0 fully saturated rings. The van der Waals surface area contributed by atoms with E-state index in [0.29, 0.717) is 5.92 Å². The lowest BCUT2D eigenvalue weighted by atomic mass is 10.1. The third-order valence-electron chi connectivity index (χ3n) is 2.99. The van der Waals surface area contributed by atoms with Gasteiger partial charge in [-0.3, -0.25) is 0 Å². The fourth-order valence-electron chi connectivity index (χ4n) is 1.58. The zero-order valence-electron chi connectivity index (χ0n) is 11.6. The molecule has 0 heterocycles. The largest absolute Gasteiger partial charge is 0.493 e. The van der Waals surface area contributed by atoms with Gasteiger partial charge in [0.1, 0.15) is 5.75 Å². The van der Waals surface area contributed by atoms with Crippen LogP contribution in [0, 0.1) is 5.92 Å². The molecule has 1 aromatic rings. The molecule has 0 aliphatic rings. The summed E-state index contributed by atoms with van der Waals surface area (Å²) in [5.74, 6) is 1.60. The Labute approximate surface area is 119 Å². The first-order chi connectivity index (χ1) is 8.67. The molecule has 0 radical (unpaired) electrons. The Kier molecular flexibility index (Phi) is 7.36. The van der Waals surface area contributed by atoms with E-state index in [1.54, 1.807) is 0 Å². The van der Waals surface area contributed by atoms with E-state index in [1.165, 1.54) is 5.56 Å². The number of rotatable bonds is 8. The molecule has 0 amide bonds. The third kappa shape index (κ3) is 5.40. The summed E-state index contributed by atoms with van der Waals surface area (Å²) in [6.45, 7) is 9.28. The first-order valence-corrected chi connectivity index (χ1v) is 7.58. The predicted molar refractivity (Wildman–Crippen MR) is 81.1 cm³/mol. The Balaban J connectivity index is 2.63. The molecule has 0 aliphatic heterocycles. The quantitative estimate of drug-likeness (QED) is 0.719. The first kappa shape index (κ1) is 15.5. The van der Waals surface area contributed by atoms with Crippen molar-refractivity contribution in [1.82, 2.24) is 5.32 Å². The summed E-state index contributed by atoms with van der Waals surface area (Å²) >= 11 is 3.52. The summed E-state index contributed by atoms with van der Waals surface area (Å²) in [5, 5.41) is 3.42. The van der Waals surface area contributed by atoms with Gasteiger partial charge in [-0.2, -0.15) is 0 Å². The van der Waals surface area contributed by atoms with Crippen molar-refractivity contribution in [2.75, 3.05) is 13.2 Å². The van der Waals surface area contributed by atoms with Crippen LogP contribution >= 0.6 is 15.9 Å². The average Bonchev–Trinajstić information content (AvgIpc) is 2.37. The normalized spacial score (nSPS) is 12.4. The van der Waals surface area contributed by atoms with Crippen LogP contribution in [-0.4, -0.2) is 13.2 Å². The molecule has 0 spiro atoms. The zero-order chi connectivity index (χ0) is 13.4. The molecule has 0 aromatic heterocycles. The summed E-state index contributed by atoms with van der Waals surface area (Å²) in [4.78, 5) is 0. The van der Waals surface area contributed by atoms with E-state index < -0.39 is 0 Å². The van der Waals surface area contributed by atoms with Gasteiger partial charge in [0.25, 0.3) is 0 Å². The predicted octanol–water partition coefficient (Wildman–Crippen LogP) is 4.37. The zero-order valence-corrected chi connectivity index (χ0v) is 13.2. The van der Waals surface area contributed by atoms with Crippen LogP contribution in [0.4, 0.5) is 0 Å². The summed E-state index contributed by atoms with van der Waals surface area (Å²) in [6, 6.07) is 6.22. The van der Waals surface area contributed by atoms with Crippen molar-refractivity contribution in [3.63, 3.8) is 0 Å². The van der Waals surface area contributed by atoms with Gasteiger partial charge in [-0.1, -0.05) is 43.1 Å². The lowest BCUT2D eigenvalue weighted by Crippen LogP contribution is -2.15. The molecule has 1 N–H and O–H groups in total. The average molecular weight is 314 g/mol. The SMILES string of the molecule is CCCNCc1cc(Br)ccc1OCC(C)CC. The van der Waals surface area contributed by atoms with Crippen LogP contribution in [0.2, 0.25) is 0 Å². The fraction of sp³-hybridized carbons (Fsp3) is 0.600. The molecule has 102 valence electrons. The van der Waals surface area contributed by atoms with E-state index in [1.807, 2.05) is 6.07 Å². The highest BCUT2D eigenvalue weighted by Crippen LogP contribution is 2.24. The molecule has 1 rings (SSSR count). The lowest BCUT2D eigenvalue weighted by Gasteiger charge is -2.15. The van der Waals surface area contributed by atoms with Crippen LogP contribution in [0.25, 0.3) is 0 Å². The number of hydrogen-bond acceptors (Lipinski definition) is 2. The standard InChI is InChI=1S/C15H24BrNO/c1-4-8-17-10-13-9-14(16)6-7-15(13)18-11-12(3)5-2/h6-7,9,12,17H,4-5,8,10-11H2,1-3H3. The molecule has 2 nitrogen and oxygen atoms in total. The molecule has 0 aliphatic carbocycles. The minimum atomic E-state index is 0.602. The van der Waals surface area contributed by atoms with Crippen LogP contribution in [0.3, 0.4) is 0 Å². The van der Waals surface area contributed by atoms with Gasteiger partial charge in [0.2, 0.25) is 0 Å². The van der Waals surface area contributed by atoms with Crippen molar-refractivity contribution in [2.24, 2.45) is 5.92 Å². The minimum absolute atomic E-state index is 0.602. The maximum atomic E-state index is 5.91. The molecule has 18 heavy (non-hydrogen) atoms. The van der Waals surface area contributed by atoms with Crippen molar-refractivity contribution in [1.29, 1.82) is 0 Å². The van der Waals surface area contributed by atoms with Crippen LogP contribution in [0.15, 0.2) is 22.7 Å². The second-order valence-corrected chi connectivity index (χ2v) is 5.67. The Morgan fingerprint density at radius 3 is 2.78 bits per heavy atom. The van der Waals surface area contributed by atoms with Gasteiger partial charge in [0.15, 0.2) is 0 Å². The Morgan fingerprint density at radius 2 is 2.11 bits per heavy atom. The number of nitrogens with one attached hydrogen (secondary N) is 1. The van der Waals surface area contributed by atoms with Gasteiger partial charge in [-0.25, -0.2) is 0 Å². The maximum absolute atomic E-state index is 5.91. The number of ether oxygens (including phenoxy) is 1. The van der Waals surface area contributed by atoms with Gasteiger partial charge in [0, 0.05) is 16.6 Å². The van der Waals surface area contributed by atoms with Gasteiger partial charge in [-0.15, -0.1) is 0 Å². The molecular formula is C15H24BrNO. The van der Waals surface area contributed by atoms with Crippen molar-refractivity contribution >= 4 is 15.9 Å². The maximum Gasteiger partial charge on any atom is 0.123 e. The summed E-state index contributed by atoms with van der Waals surface area (Å²) in [5.41, 5.74) is 1.22. The van der Waals surface area contributed by atoms with Crippen molar-refractivity contribution in [2.45, 2.75) is 40.2 Å². The van der Waals surface area contributed by atoms with Crippen molar-refractivity contribution in [3.8, 4) is 5.75 Å². The Bertz CT molecular complexity index is 354. The molecule has 0 saturated carbocycles. The minimum Gasteiger partial charge on any atom is -0.493 e. The van der Waals surface area contributed by atoms with Gasteiger partial charge in [-0.05, 0) is 37.1 Å². The van der Waals surface area contributed by atoms with Crippen LogP contribution in [-0.2, 0) is 6.54 Å². The first-order valence-electron chi connectivity index (χ1n) is 6.79. The molecule has 0 saturated heterocycles. The van der Waals surface area contributed by atoms with Crippen LogP contribution < -0.4 is 10.1 Å². The van der Waals surface area contributed by atoms with Gasteiger partial charge in [0.05, 0.1) is 6.61 Å². The second kappa shape index (κ2) is 8.54. The molecule has 1 aromatic carbocycles. The Hall–Kier alpha value is -0.540. The summed E-state index contributed by atoms with van der Waals surface area (Å²) < 4.78 is 7.02. The van der Waals surface area contributed by atoms with E-state index in [2.05, 4.69) is 54.2 Å². The molecular weight excluding hydrogens is 290 g/mol. The number of benzene rings is 1. The second-order valence-electron chi connectivity index (χ2n) is 4.75. The summed E-state index contributed by atoms with van der Waals surface area (Å²) in [7, 11) is 0. The van der Waals surface area contributed by atoms with E-state index in [-0.39, 0.29) is 0 Å². The lowest BCUT2D eigenvalue weighted by molar-refractivity contribution is 0.254. The highest BCUT2D eigenvalue weighted by molar-refractivity contribution is 9.10. The van der Waals surface area contributed by atoms with Crippen LogP contribution in [0.5, 0.6) is 5.75 Å². The van der Waals surface area contributed by atoms with Gasteiger partial charge < -0.3 is 10.1 Å². The van der Waals surface area contributed by atoms with Crippen molar-refractivity contribution < 1.29 is 4.74 Å². The fourth-order valence-corrected chi connectivity index (χ4v) is 1.99. The Morgan fingerprint density at radius 1 is 1.33 bits per heavy atom. The smallest absolute Gasteiger partial charge is 0.123 e. The molecule has 3 heteroatoms. The number of halogens is 1. The number of hydrogen-bond donors (Lipinski definition) is 1. The van der Waals surface area contributed by atoms with E-state index in [9.17, 15) is 0 Å².